The monoisotopic (exact) mass is 258 g/mol. The molecule has 98 valence electrons. The number of carbonyl (C=O) groups excluding carboxylic acids is 1. The molecule has 1 aliphatic heterocycles. The van der Waals surface area contributed by atoms with Crippen LogP contribution in [0.3, 0.4) is 0 Å². The molecule has 0 saturated heterocycles. The highest BCUT2D eigenvalue weighted by molar-refractivity contribution is 6.36. The molecule has 0 spiro atoms. The summed E-state index contributed by atoms with van der Waals surface area (Å²) in [5.41, 5.74) is 1.40. The third-order valence-corrected chi connectivity index (χ3v) is 3.10. The first-order valence-electron chi connectivity index (χ1n) is 6.25. The Bertz CT molecular complexity index is 645. The van der Waals surface area contributed by atoms with Crippen LogP contribution in [0, 0.1) is 0 Å². The molecule has 3 rings (SSSR count). The molecule has 0 aliphatic carbocycles. The quantitative estimate of drug-likeness (QED) is 0.795. The lowest BCUT2D eigenvalue weighted by Gasteiger charge is -2.11. The first-order valence-corrected chi connectivity index (χ1v) is 6.25. The van der Waals surface area contributed by atoms with Crippen molar-refractivity contribution < 1.29 is 14.4 Å². The van der Waals surface area contributed by atoms with Gasteiger partial charge in [-0.15, -0.1) is 0 Å². The van der Waals surface area contributed by atoms with E-state index in [0.717, 1.165) is 10.9 Å². The number of nitrogens with zero attached hydrogens (tertiary/aromatic N) is 2. The molecule has 1 aliphatic rings. The van der Waals surface area contributed by atoms with Gasteiger partial charge in [-0.3, -0.25) is 0 Å². The van der Waals surface area contributed by atoms with Crippen molar-refractivity contribution in [1.29, 1.82) is 0 Å². The summed E-state index contributed by atoms with van der Waals surface area (Å²) >= 11 is 0. The van der Waals surface area contributed by atoms with Crippen molar-refractivity contribution in [3.63, 3.8) is 0 Å². The number of para-hydroxylation sites is 1. The summed E-state index contributed by atoms with van der Waals surface area (Å²) < 4.78 is 6.90. The van der Waals surface area contributed by atoms with Crippen molar-refractivity contribution in [2.45, 2.75) is 19.6 Å². The van der Waals surface area contributed by atoms with Crippen molar-refractivity contribution in [2.75, 3.05) is 6.61 Å². The van der Waals surface area contributed by atoms with Crippen molar-refractivity contribution in [3.05, 3.63) is 36.5 Å². The van der Waals surface area contributed by atoms with Crippen LogP contribution in [0.5, 0.6) is 0 Å². The van der Waals surface area contributed by atoms with Crippen LogP contribution in [-0.4, -0.2) is 22.9 Å². The van der Waals surface area contributed by atoms with Crippen molar-refractivity contribution in [2.24, 2.45) is 5.16 Å². The second kappa shape index (κ2) is 4.76. The fraction of sp³-hybridized carbons (Fsp3) is 0.286. The van der Waals surface area contributed by atoms with Gasteiger partial charge in [0.2, 0.25) is 6.23 Å². The zero-order chi connectivity index (χ0) is 13.2. The predicted molar refractivity (Wildman–Crippen MR) is 70.7 cm³/mol. The molecular weight excluding hydrogens is 244 g/mol. The highest BCUT2D eigenvalue weighted by atomic mass is 16.7. The van der Waals surface area contributed by atoms with Crippen molar-refractivity contribution in [3.8, 4) is 0 Å². The lowest BCUT2D eigenvalue weighted by atomic mass is 10.2. The number of fused-ring (bicyclic) bond motifs is 1. The standard InChI is InChI=1S/C14H14N2O3/c1-2-18-14(17)11-9-13(19-15-11)16-8-7-10-5-3-4-6-12(10)16/h3-8,13H,2,9H2,1H3. The Balaban J connectivity index is 1.81. The lowest BCUT2D eigenvalue weighted by molar-refractivity contribution is -0.135. The minimum Gasteiger partial charge on any atom is -0.461 e. The first kappa shape index (κ1) is 11.8. The second-order valence-corrected chi connectivity index (χ2v) is 4.30. The Labute approximate surface area is 110 Å². The largest absolute Gasteiger partial charge is 0.461 e. The highest BCUT2D eigenvalue weighted by Gasteiger charge is 2.28. The molecule has 1 aromatic carbocycles. The third-order valence-electron chi connectivity index (χ3n) is 3.10. The van der Waals surface area contributed by atoms with E-state index in [4.69, 9.17) is 9.57 Å². The lowest BCUT2D eigenvalue weighted by Crippen LogP contribution is -2.17. The first-order chi connectivity index (χ1) is 9.29. The minimum absolute atomic E-state index is 0.278. The van der Waals surface area contributed by atoms with E-state index in [1.807, 2.05) is 41.1 Å². The number of aromatic nitrogens is 1. The highest BCUT2D eigenvalue weighted by Crippen LogP contribution is 2.27. The molecule has 0 amide bonds. The summed E-state index contributed by atoms with van der Waals surface area (Å²) in [4.78, 5) is 16.9. The Morgan fingerprint density at radius 1 is 1.47 bits per heavy atom. The van der Waals surface area contributed by atoms with Gasteiger partial charge in [-0.05, 0) is 24.4 Å². The topological polar surface area (TPSA) is 52.8 Å². The predicted octanol–water partition coefficient (Wildman–Crippen LogP) is 2.48. The number of esters is 1. The Morgan fingerprint density at radius 3 is 3.16 bits per heavy atom. The molecule has 5 nitrogen and oxygen atoms in total. The molecule has 2 aromatic rings. The van der Waals surface area contributed by atoms with E-state index in [1.165, 1.54) is 0 Å². The molecular formula is C14H14N2O3. The molecule has 0 radical (unpaired) electrons. The van der Waals surface area contributed by atoms with E-state index in [1.54, 1.807) is 6.92 Å². The number of hydrogen-bond donors (Lipinski definition) is 0. The minimum atomic E-state index is -0.401. The van der Waals surface area contributed by atoms with E-state index in [9.17, 15) is 4.79 Å². The molecule has 0 saturated carbocycles. The van der Waals surface area contributed by atoms with E-state index in [2.05, 4.69) is 5.16 Å². The van der Waals surface area contributed by atoms with Gasteiger partial charge in [-0.25, -0.2) is 4.79 Å². The van der Waals surface area contributed by atoms with Gasteiger partial charge in [0.15, 0.2) is 5.71 Å². The molecule has 1 unspecified atom stereocenters. The van der Waals surface area contributed by atoms with Crippen LogP contribution in [0.4, 0.5) is 0 Å². The number of hydrogen-bond acceptors (Lipinski definition) is 4. The molecule has 1 atom stereocenters. The van der Waals surface area contributed by atoms with Gasteiger partial charge in [-0.1, -0.05) is 23.4 Å². The summed E-state index contributed by atoms with van der Waals surface area (Å²) in [6.45, 7) is 2.11. The zero-order valence-corrected chi connectivity index (χ0v) is 10.6. The molecule has 5 heteroatoms. The fourth-order valence-electron chi connectivity index (χ4n) is 2.20. The Hall–Kier alpha value is -2.30. The fourth-order valence-corrected chi connectivity index (χ4v) is 2.20. The molecule has 0 bridgehead atoms. The summed E-state index contributed by atoms with van der Waals surface area (Å²) in [6.07, 6.45) is 2.09. The van der Waals surface area contributed by atoms with E-state index in [-0.39, 0.29) is 6.23 Å². The van der Waals surface area contributed by atoms with Gasteiger partial charge >= 0.3 is 5.97 Å². The molecule has 0 fully saturated rings. The normalized spacial score (nSPS) is 18.2. The molecule has 19 heavy (non-hydrogen) atoms. The number of rotatable bonds is 3. The smallest absolute Gasteiger partial charge is 0.356 e. The van der Waals surface area contributed by atoms with Crippen LogP contribution in [0.2, 0.25) is 0 Å². The second-order valence-electron chi connectivity index (χ2n) is 4.30. The summed E-state index contributed by atoms with van der Waals surface area (Å²) in [6, 6.07) is 10.0. The van der Waals surface area contributed by atoms with E-state index < -0.39 is 5.97 Å². The number of benzene rings is 1. The van der Waals surface area contributed by atoms with Crippen LogP contribution >= 0.6 is 0 Å². The van der Waals surface area contributed by atoms with Crippen LogP contribution in [-0.2, 0) is 14.4 Å². The average molecular weight is 258 g/mol. The maximum Gasteiger partial charge on any atom is 0.356 e. The molecule has 2 heterocycles. The van der Waals surface area contributed by atoms with Gasteiger partial charge in [-0.2, -0.15) is 0 Å². The van der Waals surface area contributed by atoms with Gasteiger partial charge in [0.1, 0.15) is 0 Å². The van der Waals surface area contributed by atoms with E-state index >= 15 is 0 Å². The zero-order valence-electron chi connectivity index (χ0n) is 10.6. The van der Waals surface area contributed by atoms with Crippen molar-refractivity contribution in [1.82, 2.24) is 4.57 Å². The van der Waals surface area contributed by atoms with Crippen LogP contribution in [0.15, 0.2) is 41.7 Å². The average Bonchev–Trinajstić information content (AvgIpc) is 3.05. The van der Waals surface area contributed by atoms with Gasteiger partial charge < -0.3 is 14.1 Å². The van der Waals surface area contributed by atoms with E-state index in [0.29, 0.717) is 18.7 Å². The molecule has 0 N–H and O–H groups in total. The van der Waals surface area contributed by atoms with Gasteiger partial charge in [0, 0.05) is 6.20 Å². The van der Waals surface area contributed by atoms with Gasteiger partial charge in [0.05, 0.1) is 18.5 Å². The Kier molecular flexibility index (Phi) is 2.95. The van der Waals surface area contributed by atoms with Crippen LogP contribution < -0.4 is 0 Å². The number of carbonyl (C=O) groups is 1. The number of oxime groups is 1. The van der Waals surface area contributed by atoms with Gasteiger partial charge in [0.25, 0.3) is 0 Å². The maximum atomic E-state index is 11.6. The summed E-state index contributed by atoms with van der Waals surface area (Å²) in [5.74, 6) is -0.401. The van der Waals surface area contributed by atoms with Crippen molar-refractivity contribution >= 4 is 22.6 Å². The Morgan fingerprint density at radius 2 is 2.32 bits per heavy atom. The maximum absolute atomic E-state index is 11.6. The summed E-state index contributed by atoms with van der Waals surface area (Å²) in [5, 5.41) is 4.95. The summed E-state index contributed by atoms with van der Waals surface area (Å²) in [7, 11) is 0. The van der Waals surface area contributed by atoms with Crippen LogP contribution in [0.1, 0.15) is 19.6 Å². The number of ether oxygens (including phenoxy) is 1. The molecule has 1 aromatic heterocycles. The van der Waals surface area contributed by atoms with Crippen LogP contribution in [0.25, 0.3) is 10.9 Å². The third kappa shape index (κ3) is 2.07. The SMILES string of the molecule is CCOC(=O)C1=NOC(n2ccc3ccccc32)C1.